The highest BCUT2D eigenvalue weighted by Gasteiger charge is 1.92. The number of benzene rings is 3. The molecular formula is C26H32ClF3O. The highest BCUT2D eigenvalue weighted by molar-refractivity contribution is 6.17. The molecule has 170 valence electrons. The number of aliphatic hydroxyl groups excluding tert-OH is 1. The number of hydrogen-bond acceptors (Lipinski definition) is 1. The van der Waals surface area contributed by atoms with Gasteiger partial charge in [-0.05, 0) is 72.4 Å². The molecule has 31 heavy (non-hydrogen) atoms. The lowest BCUT2D eigenvalue weighted by Crippen LogP contribution is -1.89. The van der Waals surface area contributed by atoms with Crippen molar-refractivity contribution in [3.63, 3.8) is 0 Å². The van der Waals surface area contributed by atoms with Crippen LogP contribution in [-0.2, 0) is 19.3 Å². The summed E-state index contributed by atoms with van der Waals surface area (Å²) in [5.41, 5.74) is 3.25. The number of rotatable bonds is 6. The van der Waals surface area contributed by atoms with E-state index in [-0.39, 0.29) is 31.5 Å². The Hall–Kier alpha value is -2.30. The van der Waals surface area contributed by atoms with Gasteiger partial charge in [0, 0.05) is 12.5 Å². The molecule has 0 saturated carbocycles. The zero-order valence-corrected chi connectivity index (χ0v) is 17.9. The van der Waals surface area contributed by atoms with Crippen molar-refractivity contribution in [3.8, 4) is 0 Å². The van der Waals surface area contributed by atoms with Gasteiger partial charge in [-0.25, -0.2) is 13.2 Å². The van der Waals surface area contributed by atoms with Gasteiger partial charge in [-0.2, -0.15) is 0 Å². The third kappa shape index (κ3) is 13.6. The SMILES string of the molecule is C.CCCc1ccc(F)cc1.Fc1ccc(CCCl)cc1.OCCc1ccc(F)cc1. The van der Waals surface area contributed by atoms with Crippen LogP contribution >= 0.6 is 11.6 Å². The molecule has 0 unspecified atom stereocenters. The van der Waals surface area contributed by atoms with Gasteiger partial charge in [-0.1, -0.05) is 57.2 Å². The second kappa shape index (κ2) is 17.4. The van der Waals surface area contributed by atoms with Crippen molar-refractivity contribution in [2.24, 2.45) is 0 Å². The number of alkyl halides is 1. The molecule has 0 heterocycles. The summed E-state index contributed by atoms with van der Waals surface area (Å²) in [7, 11) is 0. The molecule has 0 saturated heterocycles. The van der Waals surface area contributed by atoms with Gasteiger partial charge in [0.25, 0.3) is 0 Å². The van der Waals surface area contributed by atoms with Crippen LogP contribution in [0.3, 0.4) is 0 Å². The number of aliphatic hydroxyl groups is 1. The van der Waals surface area contributed by atoms with Crippen molar-refractivity contribution in [3.05, 3.63) is 107 Å². The minimum atomic E-state index is -0.235. The topological polar surface area (TPSA) is 20.2 Å². The van der Waals surface area contributed by atoms with E-state index in [1.54, 1.807) is 24.3 Å². The van der Waals surface area contributed by atoms with Crippen molar-refractivity contribution >= 4 is 11.6 Å². The maximum absolute atomic E-state index is 12.3. The Bertz CT molecular complexity index is 691. The van der Waals surface area contributed by atoms with E-state index in [0.717, 1.165) is 30.4 Å². The second-order valence-corrected chi connectivity index (χ2v) is 6.92. The highest BCUT2D eigenvalue weighted by Crippen LogP contribution is 2.05. The van der Waals surface area contributed by atoms with Crippen LogP contribution in [-0.4, -0.2) is 17.6 Å². The number of hydrogen-bond donors (Lipinski definition) is 1. The Morgan fingerprint density at radius 2 is 0.935 bits per heavy atom. The van der Waals surface area contributed by atoms with Crippen LogP contribution < -0.4 is 0 Å². The molecule has 0 aliphatic rings. The van der Waals surface area contributed by atoms with Crippen LogP contribution in [0, 0.1) is 17.5 Å². The maximum Gasteiger partial charge on any atom is 0.123 e. The van der Waals surface area contributed by atoms with Gasteiger partial charge in [0.15, 0.2) is 0 Å². The van der Waals surface area contributed by atoms with E-state index in [1.165, 1.54) is 42.0 Å². The van der Waals surface area contributed by atoms with Gasteiger partial charge in [0.2, 0.25) is 0 Å². The average molecular weight is 453 g/mol. The first-order valence-corrected chi connectivity index (χ1v) is 10.4. The van der Waals surface area contributed by atoms with Crippen molar-refractivity contribution in [1.29, 1.82) is 0 Å². The van der Waals surface area contributed by atoms with E-state index in [0.29, 0.717) is 12.3 Å². The van der Waals surface area contributed by atoms with Gasteiger partial charge >= 0.3 is 0 Å². The average Bonchev–Trinajstić information content (AvgIpc) is 2.75. The molecule has 5 heteroatoms. The molecule has 0 atom stereocenters. The summed E-state index contributed by atoms with van der Waals surface area (Å²) >= 11 is 5.48. The Balaban J connectivity index is 0.000000429. The van der Waals surface area contributed by atoms with E-state index in [4.69, 9.17) is 16.7 Å². The van der Waals surface area contributed by atoms with Gasteiger partial charge in [0.05, 0.1) is 0 Å². The third-order valence-electron chi connectivity index (χ3n) is 4.06. The molecule has 1 N–H and O–H groups in total. The maximum atomic E-state index is 12.3. The first-order valence-electron chi connectivity index (χ1n) is 9.88. The second-order valence-electron chi connectivity index (χ2n) is 6.54. The minimum Gasteiger partial charge on any atom is -0.396 e. The molecule has 3 aromatic carbocycles. The lowest BCUT2D eigenvalue weighted by molar-refractivity contribution is 0.299. The Labute approximate surface area is 189 Å². The number of aryl methyl sites for hydroxylation is 2. The smallest absolute Gasteiger partial charge is 0.123 e. The molecule has 0 amide bonds. The van der Waals surface area contributed by atoms with Crippen molar-refractivity contribution in [2.45, 2.75) is 40.0 Å². The molecule has 0 aliphatic carbocycles. The zero-order valence-electron chi connectivity index (χ0n) is 17.1. The van der Waals surface area contributed by atoms with E-state index >= 15 is 0 Å². The van der Waals surface area contributed by atoms with E-state index in [2.05, 4.69) is 6.92 Å². The fourth-order valence-corrected chi connectivity index (χ4v) is 2.70. The molecule has 0 fully saturated rings. The van der Waals surface area contributed by atoms with Crippen LogP contribution in [0.15, 0.2) is 72.8 Å². The fraction of sp³-hybridized carbons (Fsp3) is 0.308. The third-order valence-corrected chi connectivity index (χ3v) is 4.25. The standard InChI is InChI=1S/C9H11F.C8H8ClF.C8H9FO.CH4/c1-2-3-8-4-6-9(10)7-5-8;9-6-5-7-1-3-8(10)4-2-7;9-8-3-1-7(2-4-8)5-6-10;/h4-7H,2-3H2,1H3;1-4H,5-6H2;1-4,10H,5-6H2;1H4. The molecule has 0 bridgehead atoms. The first-order chi connectivity index (χ1) is 14.5. The van der Waals surface area contributed by atoms with Crippen LogP contribution in [0.25, 0.3) is 0 Å². The summed E-state index contributed by atoms with van der Waals surface area (Å²) in [4.78, 5) is 0. The quantitative estimate of drug-likeness (QED) is 0.387. The molecule has 0 radical (unpaired) electrons. The van der Waals surface area contributed by atoms with Crippen LogP contribution in [0.4, 0.5) is 13.2 Å². The molecule has 0 aromatic heterocycles. The lowest BCUT2D eigenvalue weighted by atomic mass is 10.1. The monoisotopic (exact) mass is 452 g/mol. The van der Waals surface area contributed by atoms with Gasteiger partial charge in [-0.15, -0.1) is 11.6 Å². The zero-order chi connectivity index (χ0) is 22.2. The summed E-state index contributed by atoms with van der Waals surface area (Å²) in [6.45, 7) is 2.23. The predicted octanol–water partition coefficient (Wildman–Crippen LogP) is 7.38. The van der Waals surface area contributed by atoms with Crippen LogP contribution in [0.5, 0.6) is 0 Å². The summed E-state index contributed by atoms with van der Waals surface area (Å²) in [5.74, 6) is 0.00546. The lowest BCUT2D eigenvalue weighted by Gasteiger charge is -1.95. The summed E-state index contributed by atoms with van der Waals surface area (Å²) in [6, 6.07) is 19.2. The molecule has 3 aromatic rings. The molecule has 3 rings (SSSR count). The normalized spacial score (nSPS) is 9.48. The summed E-state index contributed by atoms with van der Waals surface area (Å²) in [6.07, 6.45) is 3.56. The fourth-order valence-electron chi connectivity index (χ4n) is 2.48. The van der Waals surface area contributed by atoms with Crippen molar-refractivity contribution < 1.29 is 18.3 Å². The highest BCUT2D eigenvalue weighted by atomic mass is 35.5. The molecular weight excluding hydrogens is 421 g/mol. The van der Waals surface area contributed by atoms with Crippen LogP contribution in [0.2, 0.25) is 0 Å². The Kier molecular flexibility index (Phi) is 16.1. The number of halogens is 4. The largest absolute Gasteiger partial charge is 0.396 e. The predicted molar refractivity (Wildman–Crippen MR) is 125 cm³/mol. The van der Waals surface area contributed by atoms with E-state index in [1.807, 2.05) is 12.1 Å². The molecule has 1 nitrogen and oxygen atoms in total. The minimum absolute atomic E-state index is 0. The Morgan fingerprint density at radius 3 is 1.23 bits per heavy atom. The van der Waals surface area contributed by atoms with Crippen molar-refractivity contribution in [2.75, 3.05) is 12.5 Å². The van der Waals surface area contributed by atoms with Gasteiger partial charge < -0.3 is 5.11 Å². The van der Waals surface area contributed by atoms with Gasteiger partial charge in [0.1, 0.15) is 17.5 Å². The Morgan fingerprint density at radius 1 is 0.613 bits per heavy atom. The summed E-state index contributed by atoms with van der Waals surface area (Å²) < 4.78 is 36.9. The van der Waals surface area contributed by atoms with Crippen molar-refractivity contribution in [1.82, 2.24) is 0 Å². The van der Waals surface area contributed by atoms with Crippen LogP contribution in [0.1, 0.15) is 37.5 Å². The van der Waals surface area contributed by atoms with E-state index < -0.39 is 0 Å². The van der Waals surface area contributed by atoms with E-state index in [9.17, 15) is 13.2 Å². The molecule has 0 aliphatic heterocycles. The summed E-state index contributed by atoms with van der Waals surface area (Å²) in [5, 5.41) is 8.50. The molecule has 0 spiro atoms. The first kappa shape index (κ1) is 28.7. The van der Waals surface area contributed by atoms with Gasteiger partial charge in [-0.3, -0.25) is 0 Å².